The van der Waals surface area contributed by atoms with Crippen molar-refractivity contribution in [2.24, 2.45) is 5.92 Å². The number of esters is 1. The number of hydrogen-bond donors (Lipinski definition) is 0. The lowest BCUT2D eigenvalue weighted by Crippen LogP contribution is -2.40. The molecule has 1 fully saturated rings. The summed E-state index contributed by atoms with van der Waals surface area (Å²) in [4.78, 5) is 25.5. The Labute approximate surface area is 141 Å². The summed E-state index contributed by atoms with van der Waals surface area (Å²) in [6.07, 6.45) is 4.94. The minimum Gasteiger partial charge on any atom is -0.454 e. The Bertz CT molecular complexity index is 647. The summed E-state index contributed by atoms with van der Waals surface area (Å²) in [6.45, 7) is 3.67. The third-order valence-electron chi connectivity index (χ3n) is 4.28. The molecular weight excluding hydrogens is 310 g/mol. The van der Waals surface area contributed by atoms with Crippen molar-refractivity contribution in [2.45, 2.75) is 19.8 Å². The predicted octanol–water partition coefficient (Wildman–Crippen LogP) is 2.23. The molecule has 128 valence electrons. The molecule has 24 heavy (non-hydrogen) atoms. The van der Waals surface area contributed by atoms with E-state index in [9.17, 15) is 9.59 Å². The van der Waals surface area contributed by atoms with Crippen LogP contribution < -0.4 is 9.47 Å². The van der Waals surface area contributed by atoms with Gasteiger partial charge in [0.2, 0.25) is 6.79 Å². The first-order valence-corrected chi connectivity index (χ1v) is 8.14. The van der Waals surface area contributed by atoms with Crippen molar-refractivity contribution in [2.75, 3.05) is 26.5 Å². The maximum Gasteiger partial charge on any atom is 0.331 e. The summed E-state index contributed by atoms with van der Waals surface area (Å²) in [5.74, 6) is 1.33. The maximum absolute atomic E-state index is 12.0. The Morgan fingerprint density at radius 1 is 1.25 bits per heavy atom. The zero-order valence-electron chi connectivity index (χ0n) is 13.7. The van der Waals surface area contributed by atoms with Crippen molar-refractivity contribution < 1.29 is 23.8 Å². The monoisotopic (exact) mass is 331 g/mol. The fourth-order valence-corrected chi connectivity index (χ4v) is 2.71. The Morgan fingerprint density at radius 2 is 2.00 bits per heavy atom. The van der Waals surface area contributed by atoms with Gasteiger partial charge in [0.05, 0.1) is 0 Å². The number of carbonyl (C=O) groups is 2. The average molecular weight is 331 g/mol. The first-order chi connectivity index (χ1) is 11.6. The third-order valence-corrected chi connectivity index (χ3v) is 4.28. The van der Waals surface area contributed by atoms with Gasteiger partial charge in [-0.3, -0.25) is 4.79 Å². The van der Waals surface area contributed by atoms with Crippen molar-refractivity contribution >= 4 is 18.0 Å². The summed E-state index contributed by atoms with van der Waals surface area (Å²) in [7, 11) is 0. The molecule has 0 aromatic heterocycles. The molecule has 1 amide bonds. The zero-order valence-corrected chi connectivity index (χ0v) is 13.7. The lowest BCUT2D eigenvalue weighted by molar-refractivity contribution is -0.148. The van der Waals surface area contributed by atoms with Gasteiger partial charge in [-0.05, 0) is 42.5 Å². The molecule has 0 atom stereocenters. The molecular formula is C18H21NO5. The molecule has 2 aliphatic rings. The molecule has 0 bridgehead atoms. The van der Waals surface area contributed by atoms with Crippen molar-refractivity contribution in [3.63, 3.8) is 0 Å². The van der Waals surface area contributed by atoms with Crippen LogP contribution in [0, 0.1) is 5.92 Å². The smallest absolute Gasteiger partial charge is 0.331 e. The number of likely N-dealkylation sites (tertiary alicyclic amines) is 1. The first-order valence-electron chi connectivity index (χ1n) is 8.14. The second-order valence-corrected chi connectivity index (χ2v) is 6.12. The molecule has 0 aliphatic carbocycles. The maximum atomic E-state index is 12.0. The first kappa shape index (κ1) is 16.4. The lowest BCUT2D eigenvalue weighted by atomic mass is 9.99. The number of fused-ring (bicyclic) bond motifs is 1. The van der Waals surface area contributed by atoms with E-state index in [1.165, 1.54) is 6.08 Å². The van der Waals surface area contributed by atoms with Gasteiger partial charge in [0.1, 0.15) is 0 Å². The summed E-state index contributed by atoms with van der Waals surface area (Å²) in [5, 5.41) is 0. The van der Waals surface area contributed by atoms with Crippen LogP contribution in [0.25, 0.3) is 6.08 Å². The minimum atomic E-state index is -0.536. The SMILES string of the molecule is CC1CCN(C(=O)COC(=O)/C=C/c2ccc3c(c2)OCO3)CC1. The molecule has 3 rings (SSSR count). The van der Waals surface area contributed by atoms with Gasteiger partial charge in [0, 0.05) is 19.2 Å². The third kappa shape index (κ3) is 4.07. The van der Waals surface area contributed by atoms with Gasteiger partial charge in [-0.15, -0.1) is 0 Å². The Balaban J connectivity index is 1.46. The number of rotatable bonds is 4. The molecule has 1 saturated heterocycles. The van der Waals surface area contributed by atoms with Gasteiger partial charge in [0.15, 0.2) is 18.1 Å². The Morgan fingerprint density at radius 3 is 2.79 bits per heavy atom. The largest absolute Gasteiger partial charge is 0.454 e. The van der Waals surface area contributed by atoms with Crippen LogP contribution in [0.4, 0.5) is 0 Å². The van der Waals surface area contributed by atoms with E-state index in [0.717, 1.165) is 31.5 Å². The van der Waals surface area contributed by atoms with Gasteiger partial charge in [0.25, 0.3) is 5.91 Å². The van der Waals surface area contributed by atoms with E-state index in [0.29, 0.717) is 17.4 Å². The molecule has 0 saturated carbocycles. The molecule has 2 heterocycles. The van der Waals surface area contributed by atoms with Crippen molar-refractivity contribution in [1.29, 1.82) is 0 Å². The van der Waals surface area contributed by atoms with E-state index in [2.05, 4.69) is 6.92 Å². The fraction of sp³-hybridized carbons (Fsp3) is 0.444. The van der Waals surface area contributed by atoms with Crippen LogP contribution in [0.1, 0.15) is 25.3 Å². The topological polar surface area (TPSA) is 65.1 Å². The van der Waals surface area contributed by atoms with E-state index in [4.69, 9.17) is 14.2 Å². The van der Waals surface area contributed by atoms with Gasteiger partial charge in [-0.25, -0.2) is 4.79 Å². The fourth-order valence-electron chi connectivity index (χ4n) is 2.71. The van der Waals surface area contributed by atoms with E-state index in [1.807, 2.05) is 6.07 Å². The minimum absolute atomic E-state index is 0.133. The average Bonchev–Trinajstić information content (AvgIpc) is 3.06. The lowest BCUT2D eigenvalue weighted by Gasteiger charge is -2.30. The van der Waals surface area contributed by atoms with Crippen LogP contribution in [0.15, 0.2) is 24.3 Å². The molecule has 2 aliphatic heterocycles. The quantitative estimate of drug-likeness (QED) is 0.625. The molecule has 0 unspecified atom stereocenters. The van der Waals surface area contributed by atoms with Crippen LogP contribution in [0.2, 0.25) is 0 Å². The van der Waals surface area contributed by atoms with Crippen molar-refractivity contribution in [1.82, 2.24) is 4.90 Å². The molecule has 6 heteroatoms. The van der Waals surface area contributed by atoms with Crippen LogP contribution >= 0.6 is 0 Å². The highest BCUT2D eigenvalue weighted by Gasteiger charge is 2.20. The second-order valence-electron chi connectivity index (χ2n) is 6.12. The molecule has 0 radical (unpaired) electrons. The van der Waals surface area contributed by atoms with E-state index < -0.39 is 5.97 Å². The number of carbonyl (C=O) groups excluding carboxylic acids is 2. The summed E-state index contributed by atoms with van der Waals surface area (Å²) in [6, 6.07) is 5.39. The Kier molecular flexibility index (Phi) is 5.03. The number of benzene rings is 1. The van der Waals surface area contributed by atoms with Gasteiger partial charge < -0.3 is 19.1 Å². The van der Waals surface area contributed by atoms with E-state index >= 15 is 0 Å². The number of ether oxygens (including phenoxy) is 3. The summed E-state index contributed by atoms with van der Waals surface area (Å²) >= 11 is 0. The van der Waals surface area contributed by atoms with Gasteiger partial charge >= 0.3 is 5.97 Å². The van der Waals surface area contributed by atoms with E-state index in [-0.39, 0.29) is 19.3 Å². The number of hydrogen-bond acceptors (Lipinski definition) is 5. The van der Waals surface area contributed by atoms with Crippen LogP contribution in [0.3, 0.4) is 0 Å². The summed E-state index contributed by atoms with van der Waals surface area (Å²) in [5.41, 5.74) is 0.799. The zero-order chi connectivity index (χ0) is 16.9. The standard InChI is InChI=1S/C18H21NO5/c1-13-6-8-19(9-7-13)17(20)11-22-18(21)5-3-14-2-4-15-16(10-14)24-12-23-15/h2-5,10,13H,6-9,11-12H2,1H3/b5-3+. The second kappa shape index (κ2) is 7.38. The highest BCUT2D eigenvalue weighted by Crippen LogP contribution is 2.32. The molecule has 0 spiro atoms. The van der Waals surface area contributed by atoms with Gasteiger partial charge in [-0.1, -0.05) is 13.0 Å². The highest BCUT2D eigenvalue weighted by molar-refractivity contribution is 5.89. The van der Waals surface area contributed by atoms with Crippen molar-refractivity contribution in [3.8, 4) is 11.5 Å². The molecule has 6 nitrogen and oxygen atoms in total. The number of piperidine rings is 1. The molecule has 0 N–H and O–H groups in total. The molecule has 1 aromatic rings. The Hall–Kier alpha value is -2.50. The highest BCUT2D eigenvalue weighted by atomic mass is 16.7. The number of amides is 1. The van der Waals surface area contributed by atoms with Crippen LogP contribution in [-0.4, -0.2) is 43.3 Å². The summed E-state index contributed by atoms with van der Waals surface area (Å²) < 4.78 is 15.5. The van der Waals surface area contributed by atoms with E-state index in [1.54, 1.807) is 23.1 Å². The molecule has 1 aromatic carbocycles. The van der Waals surface area contributed by atoms with Gasteiger partial charge in [-0.2, -0.15) is 0 Å². The van der Waals surface area contributed by atoms with Crippen LogP contribution in [0.5, 0.6) is 11.5 Å². The van der Waals surface area contributed by atoms with Crippen molar-refractivity contribution in [3.05, 3.63) is 29.8 Å². The predicted molar refractivity (Wildman–Crippen MR) is 87.5 cm³/mol. The normalized spacial score (nSPS) is 17.3. The van der Waals surface area contributed by atoms with Crippen LogP contribution in [-0.2, 0) is 14.3 Å². The number of nitrogens with zero attached hydrogens (tertiary/aromatic N) is 1.